The highest BCUT2D eigenvalue weighted by Gasteiger charge is 2.28. The number of hydrogen-bond acceptors (Lipinski definition) is 3. The van der Waals surface area contributed by atoms with Crippen molar-refractivity contribution in [3.63, 3.8) is 0 Å². The van der Waals surface area contributed by atoms with Crippen LogP contribution in [-0.2, 0) is 0 Å². The van der Waals surface area contributed by atoms with Crippen molar-refractivity contribution in [2.45, 2.75) is 6.18 Å². The zero-order valence-corrected chi connectivity index (χ0v) is 8.62. The van der Waals surface area contributed by atoms with Gasteiger partial charge in [-0.05, 0) is 12.1 Å². The van der Waals surface area contributed by atoms with Crippen LogP contribution in [0.1, 0.15) is 10.4 Å². The fraction of sp³-hybridized carbons (Fsp3) is 0.222. The van der Waals surface area contributed by atoms with E-state index in [1.54, 1.807) is 0 Å². The molecule has 0 saturated carbocycles. The van der Waals surface area contributed by atoms with Crippen LogP contribution in [0.3, 0.4) is 0 Å². The number of nitro benzene ring substituents is 1. The van der Waals surface area contributed by atoms with Gasteiger partial charge in [0.25, 0.3) is 5.91 Å². The second kappa shape index (κ2) is 4.98. The van der Waals surface area contributed by atoms with E-state index in [-0.39, 0.29) is 0 Å². The molecule has 0 aromatic heterocycles. The summed E-state index contributed by atoms with van der Waals surface area (Å²) in [5.41, 5.74) is -1.29. The van der Waals surface area contributed by atoms with E-state index in [9.17, 15) is 32.5 Å². The maximum absolute atomic E-state index is 13.1. The molecule has 98 valence electrons. The lowest BCUT2D eigenvalue weighted by Gasteiger charge is -2.08. The molecule has 0 radical (unpaired) electrons. The van der Waals surface area contributed by atoms with Gasteiger partial charge in [0.2, 0.25) is 5.82 Å². The molecule has 0 fully saturated rings. The number of carbonyl (C=O) groups excluding carboxylic acids is 1. The first kappa shape index (κ1) is 13.9. The van der Waals surface area contributed by atoms with E-state index in [4.69, 9.17) is 0 Å². The number of nitrogens with zero attached hydrogens (tertiary/aromatic N) is 1. The quantitative estimate of drug-likeness (QED) is 0.517. The van der Waals surface area contributed by atoms with Crippen LogP contribution in [0.5, 0.6) is 0 Å². The van der Waals surface area contributed by atoms with E-state index in [0.29, 0.717) is 12.1 Å². The predicted octanol–water partition coefficient (Wildman–Crippen LogP) is 2.03. The van der Waals surface area contributed by atoms with Crippen molar-refractivity contribution in [3.05, 3.63) is 39.7 Å². The molecule has 1 amide bonds. The molecule has 9 heteroatoms. The standard InChI is InChI=1S/C9H6F4N2O3/c10-6-3-5(1-2-7(6)15(17)18)8(16)14-4-9(11,12)13/h1-3H,4H2,(H,14,16). The Hall–Kier alpha value is -2.19. The molecule has 0 aliphatic carbocycles. The minimum atomic E-state index is -4.59. The van der Waals surface area contributed by atoms with E-state index in [1.807, 2.05) is 0 Å². The normalized spacial score (nSPS) is 11.1. The summed E-state index contributed by atoms with van der Waals surface area (Å²) >= 11 is 0. The van der Waals surface area contributed by atoms with E-state index in [0.717, 1.165) is 6.07 Å². The predicted molar refractivity (Wildman–Crippen MR) is 51.4 cm³/mol. The van der Waals surface area contributed by atoms with Crippen molar-refractivity contribution < 1.29 is 27.3 Å². The number of nitro groups is 1. The fourth-order valence-corrected chi connectivity index (χ4v) is 1.08. The largest absolute Gasteiger partial charge is 0.405 e. The van der Waals surface area contributed by atoms with Gasteiger partial charge in [-0.15, -0.1) is 0 Å². The number of halogens is 4. The number of hydrogen-bond donors (Lipinski definition) is 1. The highest BCUT2D eigenvalue weighted by molar-refractivity contribution is 5.94. The molecule has 0 saturated heterocycles. The van der Waals surface area contributed by atoms with Gasteiger partial charge in [0.15, 0.2) is 0 Å². The first-order chi connectivity index (χ1) is 8.20. The number of amides is 1. The molecule has 0 atom stereocenters. The highest BCUT2D eigenvalue weighted by Crippen LogP contribution is 2.18. The Labute approximate surface area is 97.6 Å². The summed E-state index contributed by atoms with van der Waals surface area (Å²) in [6.07, 6.45) is -4.59. The molecule has 0 aliphatic rings. The smallest absolute Gasteiger partial charge is 0.343 e. The van der Waals surface area contributed by atoms with Crippen molar-refractivity contribution >= 4 is 11.6 Å². The Bertz CT molecular complexity index is 487. The first-order valence-corrected chi connectivity index (χ1v) is 4.49. The van der Waals surface area contributed by atoms with Crippen LogP contribution in [0.15, 0.2) is 18.2 Å². The van der Waals surface area contributed by atoms with Gasteiger partial charge in [0.1, 0.15) is 6.54 Å². The summed E-state index contributed by atoms with van der Waals surface area (Å²) < 4.78 is 48.5. The van der Waals surface area contributed by atoms with Crippen molar-refractivity contribution in [2.75, 3.05) is 6.54 Å². The summed E-state index contributed by atoms with van der Waals surface area (Å²) in [6.45, 7) is -1.57. The minimum absolute atomic E-state index is 0.428. The third-order valence-electron chi connectivity index (χ3n) is 1.86. The third-order valence-corrected chi connectivity index (χ3v) is 1.86. The van der Waals surface area contributed by atoms with Crippen LogP contribution >= 0.6 is 0 Å². The number of rotatable bonds is 3. The maximum atomic E-state index is 13.1. The van der Waals surface area contributed by atoms with Gasteiger partial charge in [-0.25, -0.2) is 0 Å². The molecule has 0 aliphatic heterocycles. The second-order valence-corrected chi connectivity index (χ2v) is 3.22. The summed E-state index contributed by atoms with van der Waals surface area (Å²) in [5, 5.41) is 11.8. The molecule has 1 aromatic rings. The molecule has 1 N–H and O–H groups in total. The van der Waals surface area contributed by atoms with Gasteiger partial charge in [-0.2, -0.15) is 17.6 Å². The van der Waals surface area contributed by atoms with E-state index in [1.165, 1.54) is 5.32 Å². The Morgan fingerprint density at radius 1 is 1.39 bits per heavy atom. The van der Waals surface area contributed by atoms with Crippen LogP contribution in [0, 0.1) is 15.9 Å². The van der Waals surface area contributed by atoms with Crippen molar-refractivity contribution in [2.24, 2.45) is 0 Å². The van der Waals surface area contributed by atoms with Crippen LogP contribution in [-0.4, -0.2) is 23.6 Å². The molecule has 1 rings (SSSR count). The van der Waals surface area contributed by atoms with Crippen LogP contribution in [0.2, 0.25) is 0 Å². The van der Waals surface area contributed by atoms with Gasteiger partial charge < -0.3 is 5.32 Å². The lowest BCUT2D eigenvalue weighted by atomic mass is 10.2. The first-order valence-electron chi connectivity index (χ1n) is 4.49. The van der Waals surface area contributed by atoms with E-state index < -0.39 is 40.6 Å². The van der Waals surface area contributed by atoms with Gasteiger partial charge in [0.05, 0.1) is 4.92 Å². The monoisotopic (exact) mass is 266 g/mol. The average Bonchev–Trinajstić information content (AvgIpc) is 2.24. The molecule has 0 spiro atoms. The molecular weight excluding hydrogens is 260 g/mol. The third kappa shape index (κ3) is 3.68. The van der Waals surface area contributed by atoms with Crippen molar-refractivity contribution in [3.8, 4) is 0 Å². The van der Waals surface area contributed by atoms with Gasteiger partial charge >= 0.3 is 11.9 Å². The van der Waals surface area contributed by atoms with Gasteiger partial charge in [0, 0.05) is 11.6 Å². The SMILES string of the molecule is O=C(NCC(F)(F)F)c1ccc([N+](=O)[O-])c(F)c1. The zero-order valence-electron chi connectivity index (χ0n) is 8.62. The van der Waals surface area contributed by atoms with Gasteiger partial charge in [-0.1, -0.05) is 0 Å². The van der Waals surface area contributed by atoms with Crippen LogP contribution in [0.4, 0.5) is 23.2 Å². The summed E-state index contributed by atoms with van der Waals surface area (Å²) in [4.78, 5) is 20.4. The Kier molecular flexibility index (Phi) is 3.84. The zero-order chi connectivity index (χ0) is 13.9. The number of nitrogens with one attached hydrogen (secondary N) is 1. The lowest BCUT2D eigenvalue weighted by molar-refractivity contribution is -0.387. The molecule has 0 bridgehead atoms. The molecule has 18 heavy (non-hydrogen) atoms. The number of benzene rings is 1. The number of alkyl halides is 3. The summed E-state index contributed by atoms with van der Waals surface area (Å²) in [6, 6.07) is 2.08. The molecule has 0 unspecified atom stereocenters. The fourth-order valence-electron chi connectivity index (χ4n) is 1.08. The summed E-state index contributed by atoms with van der Waals surface area (Å²) in [5.74, 6) is -2.46. The molecule has 1 aromatic carbocycles. The minimum Gasteiger partial charge on any atom is -0.343 e. The number of carbonyl (C=O) groups is 1. The Morgan fingerprint density at radius 2 is 2.00 bits per heavy atom. The van der Waals surface area contributed by atoms with Crippen molar-refractivity contribution in [1.82, 2.24) is 5.32 Å². The lowest BCUT2D eigenvalue weighted by Crippen LogP contribution is -2.33. The Morgan fingerprint density at radius 3 is 2.44 bits per heavy atom. The molecular formula is C9H6F4N2O3. The molecule has 0 heterocycles. The van der Waals surface area contributed by atoms with Gasteiger partial charge in [-0.3, -0.25) is 14.9 Å². The van der Waals surface area contributed by atoms with Crippen LogP contribution < -0.4 is 5.32 Å². The summed E-state index contributed by atoms with van der Waals surface area (Å²) in [7, 11) is 0. The van der Waals surface area contributed by atoms with E-state index in [2.05, 4.69) is 0 Å². The topological polar surface area (TPSA) is 72.2 Å². The molecule has 5 nitrogen and oxygen atoms in total. The van der Waals surface area contributed by atoms with E-state index >= 15 is 0 Å². The maximum Gasteiger partial charge on any atom is 0.405 e. The van der Waals surface area contributed by atoms with Crippen LogP contribution in [0.25, 0.3) is 0 Å². The van der Waals surface area contributed by atoms with Crippen molar-refractivity contribution in [1.29, 1.82) is 0 Å². The second-order valence-electron chi connectivity index (χ2n) is 3.22. The Balaban J connectivity index is 2.82. The highest BCUT2D eigenvalue weighted by atomic mass is 19.4. The average molecular weight is 266 g/mol.